The van der Waals surface area contributed by atoms with E-state index in [0.29, 0.717) is 11.5 Å². The summed E-state index contributed by atoms with van der Waals surface area (Å²) >= 11 is 0. The molecule has 1 aromatic carbocycles. The fourth-order valence-corrected chi connectivity index (χ4v) is 2.47. The lowest BCUT2D eigenvalue weighted by molar-refractivity contribution is -0.137. The van der Waals surface area contributed by atoms with Gasteiger partial charge in [-0.3, -0.25) is 4.79 Å². The number of alkyl halides is 3. The van der Waals surface area contributed by atoms with Crippen molar-refractivity contribution in [3.8, 4) is 0 Å². The summed E-state index contributed by atoms with van der Waals surface area (Å²) < 4.78 is 37.2. The van der Waals surface area contributed by atoms with Gasteiger partial charge in [0.25, 0.3) is 0 Å². The SMILES string of the molecule is O=C(/C=C/C1CCCCC1)c1ccc(C(F)(F)F)cc1. The Balaban J connectivity index is 2.00. The molecule has 108 valence electrons. The number of benzene rings is 1. The Morgan fingerprint density at radius 2 is 1.65 bits per heavy atom. The van der Waals surface area contributed by atoms with Gasteiger partial charge in [0, 0.05) is 5.56 Å². The molecule has 1 aliphatic rings. The zero-order chi connectivity index (χ0) is 14.6. The van der Waals surface area contributed by atoms with Crippen molar-refractivity contribution in [2.24, 2.45) is 5.92 Å². The average molecular weight is 282 g/mol. The van der Waals surface area contributed by atoms with Crippen LogP contribution in [0.4, 0.5) is 13.2 Å². The van der Waals surface area contributed by atoms with Gasteiger partial charge in [-0.25, -0.2) is 0 Å². The maximum absolute atomic E-state index is 12.4. The molecule has 0 radical (unpaired) electrons. The molecule has 1 nitrogen and oxygen atoms in total. The van der Waals surface area contributed by atoms with Crippen molar-refractivity contribution in [3.05, 3.63) is 47.5 Å². The second-order valence-corrected chi connectivity index (χ2v) is 5.20. The van der Waals surface area contributed by atoms with Crippen LogP contribution in [0.15, 0.2) is 36.4 Å². The van der Waals surface area contributed by atoms with Crippen LogP contribution in [0.3, 0.4) is 0 Å². The van der Waals surface area contributed by atoms with Gasteiger partial charge in [0.2, 0.25) is 0 Å². The number of hydrogen-bond donors (Lipinski definition) is 0. The van der Waals surface area contributed by atoms with Crippen LogP contribution in [0.2, 0.25) is 0 Å². The molecule has 0 bridgehead atoms. The first kappa shape index (κ1) is 14.8. The van der Waals surface area contributed by atoms with E-state index in [0.717, 1.165) is 25.0 Å². The minimum atomic E-state index is -4.36. The van der Waals surface area contributed by atoms with E-state index in [9.17, 15) is 18.0 Å². The second-order valence-electron chi connectivity index (χ2n) is 5.20. The molecule has 4 heteroatoms. The smallest absolute Gasteiger partial charge is 0.289 e. The molecule has 0 atom stereocenters. The topological polar surface area (TPSA) is 17.1 Å². The van der Waals surface area contributed by atoms with Crippen LogP contribution in [-0.4, -0.2) is 5.78 Å². The lowest BCUT2D eigenvalue weighted by Crippen LogP contribution is -2.06. The van der Waals surface area contributed by atoms with E-state index in [1.165, 1.54) is 37.5 Å². The Morgan fingerprint density at radius 1 is 1.05 bits per heavy atom. The number of carbonyl (C=O) groups excluding carboxylic acids is 1. The lowest BCUT2D eigenvalue weighted by Gasteiger charge is -2.17. The van der Waals surface area contributed by atoms with Gasteiger partial charge in [-0.15, -0.1) is 0 Å². The molecule has 2 rings (SSSR count). The number of halogens is 3. The molecule has 0 amide bonds. The van der Waals surface area contributed by atoms with Gasteiger partial charge in [0.05, 0.1) is 5.56 Å². The minimum absolute atomic E-state index is 0.232. The van der Waals surface area contributed by atoms with Crippen molar-refractivity contribution in [1.29, 1.82) is 0 Å². The predicted molar refractivity (Wildman–Crippen MR) is 71.5 cm³/mol. The second kappa shape index (κ2) is 6.25. The van der Waals surface area contributed by atoms with Crippen LogP contribution in [0.1, 0.15) is 48.0 Å². The molecule has 20 heavy (non-hydrogen) atoms. The Bertz CT molecular complexity index is 479. The van der Waals surface area contributed by atoms with E-state index in [1.807, 2.05) is 6.08 Å². The average Bonchev–Trinajstić information content (AvgIpc) is 2.45. The highest BCUT2D eigenvalue weighted by Crippen LogP contribution is 2.29. The third kappa shape index (κ3) is 3.95. The van der Waals surface area contributed by atoms with Gasteiger partial charge >= 0.3 is 6.18 Å². The molecular formula is C16H17F3O. The highest BCUT2D eigenvalue weighted by molar-refractivity contribution is 6.04. The molecule has 0 aliphatic heterocycles. The minimum Gasteiger partial charge on any atom is -0.289 e. The van der Waals surface area contributed by atoms with E-state index in [-0.39, 0.29) is 5.78 Å². The fourth-order valence-electron chi connectivity index (χ4n) is 2.47. The summed E-state index contributed by atoms with van der Waals surface area (Å²) in [6, 6.07) is 4.36. The molecular weight excluding hydrogens is 265 g/mol. The highest BCUT2D eigenvalue weighted by atomic mass is 19.4. The van der Waals surface area contributed by atoms with Crippen molar-refractivity contribution >= 4 is 5.78 Å². The van der Waals surface area contributed by atoms with E-state index in [2.05, 4.69) is 0 Å². The van der Waals surface area contributed by atoms with Gasteiger partial charge in [0.1, 0.15) is 0 Å². The van der Waals surface area contributed by atoms with Gasteiger partial charge in [0.15, 0.2) is 5.78 Å². The first-order valence-electron chi connectivity index (χ1n) is 6.86. The Hall–Kier alpha value is -1.58. The standard InChI is InChI=1S/C16H17F3O/c17-16(18,19)14-9-7-13(8-10-14)15(20)11-6-12-4-2-1-3-5-12/h6-12H,1-5H2/b11-6+. The van der Waals surface area contributed by atoms with E-state index >= 15 is 0 Å². The zero-order valence-corrected chi connectivity index (χ0v) is 11.1. The Labute approximate surface area is 116 Å². The molecule has 0 unspecified atom stereocenters. The van der Waals surface area contributed by atoms with Crippen LogP contribution in [0.25, 0.3) is 0 Å². The molecule has 0 saturated heterocycles. The van der Waals surface area contributed by atoms with Crippen LogP contribution < -0.4 is 0 Å². The molecule has 1 aromatic rings. The third-order valence-corrected chi connectivity index (χ3v) is 3.67. The quantitative estimate of drug-likeness (QED) is 0.561. The maximum atomic E-state index is 12.4. The summed E-state index contributed by atoms with van der Waals surface area (Å²) in [7, 11) is 0. The van der Waals surface area contributed by atoms with Gasteiger partial charge in [-0.05, 0) is 37.0 Å². The summed E-state index contributed by atoms with van der Waals surface area (Å²) in [5.74, 6) is 0.200. The summed E-state index contributed by atoms with van der Waals surface area (Å²) in [4.78, 5) is 11.9. The van der Waals surface area contributed by atoms with Crippen LogP contribution in [0.5, 0.6) is 0 Å². The zero-order valence-electron chi connectivity index (χ0n) is 11.1. The van der Waals surface area contributed by atoms with Crippen molar-refractivity contribution in [3.63, 3.8) is 0 Å². The van der Waals surface area contributed by atoms with Crippen molar-refractivity contribution in [2.45, 2.75) is 38.3 Å². The molecule has 0 aromatic heterocycles. The summed E-state index contributed by atoms with van der Waals surface area (Å²) in [5.41, 5.74) is -0.435. The molecule has 0 heterocycles. The van der Waals surface area contributed by atoms with Gasteiger partial charge in [-0.1, -0.05) is 37.5 Å². The summed E-state index contributed by atoms with van der Waals surface area (Å²) in [6.45, 7) is 0. The summed E-state index contributed by atoms with van der Waals surface area (Å²) in [6.07, 6.45) is 4.84. The Kier molecular flexibility index (Phi) is 4.63. The monoisotopic (exact) mass is 282 g/mol. The normalized spacial score (nSPS) is 17.6. The van der Waals surface area contributed by atoms with E-state index < -0.39 is 11.7 Å². The summed E-state index contributed by atoms with van der Waals surface area (Å²) in [5, 5.41) is 0. The first-order valence-corrected chi connectivity index (χ1v) is 6.86. The lowest BCUT2D eigenvalue weighted by atomic mass is 9.89. The van der Waals surface area contributed by atoms with Gasteiger partial charge < -0.3 is 0 Å². The molecule has 1 fully saturated rings. The largest absolute Gasteiger partial charge is 0.416 e. The Morgan fingerprint density at radius 3 is 2.20 bits per heavy atom. The van der Waals surface area contributed by atoms with Crippen LogP contribution >= 0.6 is 0 Å². The van der Waals surface area contributed by atoms with E-state index in [4.69, 9.17) is 0 Å². The molecule has 0 spiro atoms. The third-order valence-electron chi connectivity index (χ3n) is 3.67. The number of ketones is 1. The molecule has 1 aliphatic carbocycles. The number of carbonyl (C=O) groups is 1. The predicted octanol–water partition coefficient (Wildman–Crippen LogP) is 5.02. The number of hydrogen-bond acceptors (Lipinski definition) is 1. The number of allylic oxidation sites excluding steroid dienone is 2. The maximum Gasteiger partial charge on any atom is 0.416 e. The van der Waals surface area contributed by atoms with Crippen molar-refractivity contribution in [1.82, 2.24) is 0 Å². The molecule has 0 N–H and O–H groups in total. The van der Waals surface area contributed by atoms with Crippen LogP contribution in [0, 0.1) is 5.92 Å². The molecule has 1 saturated carbocycles. The van der Waals surface area contributed by atoms with E-state index in [1.54, 1.807) is 0 Å². The fraction of sp³-hybridized carbons (Fsp3) is 0.438. The van der Waals surface area contributed by atoms with Crippen molar-refractivity contribution in [2.75, 3.05) is 0 Å². The van der Waals surface area contributed by atoms with Gasteiger partial charge in [-0.2, -0.15) is 13.2 Å². The van der Waals surface area contributed by atoms with Crippen LogP contribution in [-0.2, 0) is 6.18 Å². The first-order chi connectivity index (χ1) is 9.47. The van der Waals surface area contributed by atoms with Crippen molar-refractivity contribution < 1.29 is 18.0 Å². The highest BCUT2D eigenvalue weighted by Gasteiger charge is 2.30. The number of rotatable bonds is 3.